The second-order valence-corrected chi connectivity index (χ2v) is 12.4. The van der Waals surface area contributed by atoms with Gasteiger partial charge in [-0.15, -0.1) is 0 Å². The van der Waals surface area contributed by atoms with Crippen molar-refractivity contribution in [3.8, 4) is 0 Å². The van der Waals surface area contributed by atoms with Gasteiger partial charge in [0.15, 0.2) is 0 Å². The highest BCUT2D eigenvalue weighted by Crippen LogP contribution is 2.62. The Morgan fingerprint density at radius 1 is 0.976 bits per heavy atom. The van der Waals surface area contributed by atoms with Crippen LogP contribution < -0.4 is 5.32 Å². The lowest BCUT2D eigenvalue weighted by molar-refractivity contribution is -0.176. The van der Waals surface area contributed by atoms with E-state index in [-0.39, 0.29) is 17.6 Å². The third-order valence-corrected chi connectivity index (χ3v) is 8.32. The molecule has 7 nitrogen and oxygen atoms in total. The van der Waals surface area contributed by atoms with Crippen LogP contribution >= 0.6 is 0 Å². The Kier molecular flexibility index (Phi) is 7.58. The number of carbonyl (C=O) groups excluding carboxylic acids is 2. The van der Waals surface area contributed by atoms with E-state index >= 15 is 0 Å². The highest BCUT2D eigenvalue weighted by Gasteiger charge is 2.65. The van der Waals surface area contributed by atoms with Crippen molar-refractivity contribution in [1.82, 2.24) is 0 Å². The monoisotopic (exact) mass is 567 g/mol. The molecule has 3 aliphatic carbocycles. The highest BCUT2D eigenvalue weighted by atomic mass is 16.6. The molecule has 0 spiro atoms. The predicted molar refractivity (Wildman–Crippen MR) is 160 cm³/mol. The third kappa shape index (κ3) is 4.92. The van der Waals surface area contributed by atoms with Crippen molar-refractivity contribution in [2.75, 3.05) is 11.9 Å². The number of fused-ring (bicyclic) bond motifs is 1. The molecule has 5 atom stereocenters. The maximum absolute atomic E-state index is 14.1. The Balaban J connectivity index is 1.72. The first-order chi connectivity index (χ1) is 19.9. The molecular weight excluding hydrogens is 530 g/mol. The fourth-order valence-electron chi connectivity index (χ4n) is 6.39. The van der Waals surface area contributed by atoms with Gasteiger partial charge in [0.2, 0.25) is 5.91 Å². The summed E-state index contributed by atoms with van der Waals surface area (Å²) in [5.74, 6) is -4.82. The number of carboxylic acids is 1. The molecule has 2 N–H and O–H groups in total. The molecule has 218 valence electrons. The van der Waals surface area contributed by atoms with Crippen molar-refractivity contribution in [1.29, 1.82) is 0 Å². The van der Waals surface area contributed by atoms with Crippen molar-refractivity contribution < 1.29 is 29.0 Å². The van der Waals surface area contributed by atoms with Crippen LogP contribution in [0.3, 0.4) is 0 Å². The van der Waals surface area contributed by atoms with E-state index in [1.165, 1.54) is 0 Å². The Morgan fingerprint density at radius 2 is 1.62 bits per heavy atom. The van der Waals surface area contributed by atoms with E-state index < -0.39 is 47.3 Å². The van der Waals surface area contributed by atoms with Crippen LogP contribution in [-0.4, -0.2) is 35.7 Å². The molecule has 0 heterocycles. The Morgan fingerprint density at radius 3 is 2.26 bits per heavy atom. The van der Waals surface area contributed by atoms with Gasteiger partial charge in [-0.05, 0) is 59.2 Å². The van der Waals surface area contributed by atoms with Crippen LogP contribution in [0.25, 0.3) is 0 Å². The van der Waals surface area contributed by atoms with Gasteiger partial charge in [0, 0.05) is 17.2 Å². The fourth-order valence-corrected chi connectivity index (χ4v) is 6.39. The maximum atomic E-state index is 14.1. The molecule has 5 unspecified atom stereocenters. The van der Waals surface area contributed by atoms with E-state index in [9.17, 15) is 19.5 Å². The number of anilines is 1. The first-order valence-corrected chi connectivity index (χ1v) is 14.2. The topological polar surface area (TPSA) is 102 Å². The van der Waals surface area contributed by atoms with Crippen LogP contribution in [0.5, 0.6) is 0 Å². The zero-order valence-electron chi connectivity index (χ0n) is 24.6. The fraction of sp³-hybridized carbons (Fsp3) is 0.343. The van der Waals surface area contributed by atoms with Crippen molar-refractivity contribution in [3.63, 3.8) is 0 Å². The normalized spacial score (nSPS) is 22.8. The Bertz CT molecular complexity index is 1560. The number of amides is 1. The first kappa shape index (κ1) is 29.3. The smallest absolute Gasteiger partial charge is 0.333 e. The average molecular weight is 568 g/mol. The second-order valence-electron chi connectivity index (χ2n) is 12.4. The summed E-state index contributed by atoms with van der Waals surface area (Å²) in [5.41, 5.74) is 3.27. The van der Waals surface area contributed by atoms with Crippen molar-refractivity contribution >= 4 is 23.5 Å². The third-order valence-electron chi connectivity index (χ3n) is 8.32. The van der Waals surface area contributed by atoms with E-state index in [2.05, 4.69) is 38.7 Å². The van der Waals surface area contributed by atoms with Crippen molar-refractivity contribution in [2.45, 2.75) is 57.7 Å². The summed E-state index contributed by atoms with van der Waals surface area (Å²) in [4.78, 5) is 39.8. The summed E-state index contributed by atoms with van der Waals surface area (Å²) in [5, 5.41) is 13.9. The zero-order chi connectivity index (χ0) is 30.4. The van der Waals surface area contributed by atoms with E-state index in [4.69, 9.17) is 9.47 Å². The number of hydrogen-bond donors (Lipinski definition) is 2. The van der Waals surface area contributed by atoms with Gasteiger partial charge < -0.3 is 19.9 Å². The van der Waals surface area contributed by atoms with E-state index in [1.54, 1.807) is 26.0 Å². The van der Waals surface area contributed by atoms with Gasteiger partial charge in [0.1, 0.15) is 17.6 Å². The molecule has 0 fully saturated rings. The van der Waals surface area contributed by atoms with Gasteiger partial charge in [-0.1, -0.05) is 88.0 Å². The van der Waals surface area contributed by atoms with Gasteiger partial charge >= 0.3 is 11.9 Å². The number of esters is 1. The van der Waals surface area contributed by atoms with E-state index in [1.807, 2.05) is 54.6 Å². The molecule has 0 saturated heterocycles. The highest BCUT2D eigenvalue weighted by molar-refractivity contribution is 5.98. The van der Waals surface area contributed by atoms with Crippen LogP contribution in [0.1, 0.15) is 68.4 Å². The minimum atomic E-state index is -1.52. The number of benzene rings is 3. The molecule has 6 rings (SSSR count). The van der Waals surface area contributed by atoms with Gasteiger partial charge in [-0.25, -0.2) is 4.79 Å². The molecular formula is C35H37NO6. The molecule has 42 heavy (non-hydrogen) atoms. The average Bonchev–Trinajstić information content (AvgIpc) is 2.95. The summed E-state index contributed by atoms with van der Waals surface area (Å²) < 4.78 is 12.3. The van der Waals surface area contributed by atoms with Crippen LogP contribution in [0.4, 0.5) is 5.69 Å². The van der Waals surface area contributed by atoms with Crippen molar-refractivity contribution in [2.24, 2.45) is 11.8 Å². The summed E-state index contributed by atoms with van der Waals surface area (Å²) in [6.07, 6.45) is -0.698. The van der Waals surface area contributed by atoms with Crippen LogP contribution in [0, 0.1) is 11.8 Å². The molecule has 3 aromatic carbocycles. The number of aliphatic carboxylic acids is 1. The van der Waals surface area contributed by atoms with Gasteiger partial charge in [0.05, 0.1) is 12.5 Å². The molecule has 0 aliphatic heterocycles. The van der Waals surface area contributed by atoms with E-state index in [0.29, 0.717) is 11.3 Å². The summed E-state index contributed by atoms with van der Waals surface area (Å²) in [6.45, 7) is 13.1. The molecule has 3 aliphatic rings. The quantitative estimate of drug-likeness (QED) is 0.250. The number of carbonyl (C=O) groups is 3. The number of rotatable bonds is 8. The standard InChI is InChI=1S/C35H37NO6/c1-20(2)33(40)42-21(3)19-41-35-26-15-11-10-14-24(26)28(25-17-16-22(18-27(25)35)34(4,5)6)29(30(35)32(38)39)31(37)36-23-12-8-7-9-13-23/h7-18,21,28-30H,1,19H2,2-6H3,(H,36,37)(H,38,39). The minimum absolute atomic E-state index is 0.0893. The predicted octanol–water partition coefficient (Wildman–Crippen LogP) is 6.17. The molecule has 0 radical (unpaired) electrons. The molecule has 2 bridgehead atoms. The summed E-state index contributed by atoms with van der Waals surface area (Å²) >= 11 is 0. The zero-order valence-corrected chi connectivity index (χ0v) is 24.6. The maximum Gasteiger partial charge on any atom is 0.333 e. The molecule has 0 aromatic heterocycles. The molecule has 3 aromatic rings. The van der Waals surface area contributed by atoms with Gasteiger partial charge in [-0.2, -0.15) is 0 Å². The lowest BCUT2D eigenvalue weighted by Crippen LogP contribution is -2.59. The lowest BCUT2D eigenvalue weighted by atomic mass is 9.51. The molecule has 0 saturated carbocycles. The van der Waals surface area contributed by atoms with Gasteiger partial charge in [-0.3, -0.25) is 9.59 Å². The van der Waals surface area contributed by atoms with Crippen molar-refractivity contribution in [3.05, 3.63) is 113 Å². The number of carboxylic acid groups (broad SMARTS) is 1. The first-order valence-electron chi connectivity index (χ1n) is 14.2. The van der Waals surface area contributed by atoms with Crippen LogP contribution in [0.2, 0.25) is 0 Å². The number of nitrogens with one attached hydrogen (secondary N) is 1. The molecule has 7 heteroatoms. The second kappa shape index (κ2) is 10.9. The number of ether oxygens (including phenoxy) is 2. The Labute approximate surface area is 246 Å². The summed E-state index contributed by atoms with van der Waals surface area (Å²) in [6, 6.07) is 22.7. The SMILES string of the molecule is C=C(C)C(=O)OC(C)COC12c3ccccc3C(c3ccc(C(C)(C)C)cc31)C(C(=O)Nc1ccccc1)C2C(=O)O. The van der Waals surface area contributed by atoms with Crippen LogP contribution in [-0.2, 0) is 34.9 Å². The Hall–Kier alpha value is -4.23. The minimum Gasteiger partial charge on any atom is -0.481 e. The number of para-hydroxylation sites is 1. The van der Waals surface area contributed by atoms with E-state index in [0.717, 1.165) is 22.3 Å². The molecule has 1 amide bonds. The van der Waals surface area contributed by atoms with Crippen LogP contribution in [0.15, 0.2) is 84.9 Å². The number of hydrogen-bond acceptors (Lipinski definition) is 5. The summed E-state index contributed by atoms with van der Waals surface area (Å²) in [7, 11) is 0. The van der Waals surface area contributed by atoms with Gasteiger partial charge in [0.25, 0.3) is 0 Å². The lowest BCUT2D eigenvalue weighted by Gasteiger charge is -2.55. The largest absolute Gasteiger partial charge is 0.481 e.